The lowest BCUT2D eigenvalue weighted by Gasteiger charge is -2.21. The van der Waals surface area contributed by atoms with Crippen molar-refractivity contribution in [2.24, 2.45) is 0 Å². The van der Waals surface area contributed by atoms with E-state index in [-0.39, 0.29) is 5.82 Å². The minimum Gasteiger partial charge on any atom is -0.383 e. The molecular weight excluding hydrogens is 305 g/mol. The third-order valence-electron chi connectivity index (χ3n) is 4.01. The van der Waals surface area contributed by atoms with Gasteiger partial charge in [0.15, 0.2) is 0 Å². The first-order chi connectivity index (χ1) is 11.7. The lowest BCUT2D eigenvalue weighted by molar-refractivity contribution is 0.138. The van der Waals surface area contributed by atoms with Gasteiger partial charge in [0.05, 0.1) is 12.3 Å². The SMILES string of the molecule is COCCN(Cc1cn2ccc(C)cc2n1)Cc1ccccc1F. The van der Waals surface area contributed by atoms with Crippen LogP contribution in [-0.2, 0) is 17.8 Å². The first-order valence-electron chi connectivity index (χ1n) is 8.04. The Balaban J connectivity index is 1.78. The molecule has 0 amide bonds. The number of aryl methyl sites for hydroxylation is 1. The first kappa shape index (κ1) is 16.6. The summed E-state index contributed by atoms with van der Waals surface area (Å²) in [7, 11) is 1.68. The van der Waals surface area contributed by atoms with E-state index in [0.717, 1.165) is 17.9 Å². The Hall–Kier alpha value is -2.24. The number of rotatable bonds is 7. The number of ether oxygens (including phenoxy) is 1. The molecular formula is C19H22FN3O. The quantitative estimate of drug-likeness (QED) is 0.666. The molecule has 4 nitrogen and oxygen atoms in total. The average molecular weight is 327 g/mol. The van der Waals surface area contributed by atoms with E-state index in [1.807, 2.05) is 28.9 Å². The van der Waals surface area contributed by atoms with Gasteiger partial charge in [-0.15, -0.1) is 0 Å². The fraction of sp³-hybridized carbons (Fsp3) is 0.316. The lowest BCUT2D eigenvalue weighted by atomic mass is 10.2. The molecule has 0 N–H and O–H groups in total. The summed E-state index contributed by atoms with van der Waals surface area (Å²) in [4.78, 5) is 6.82. The highest BCUT2D eigenvalue weighted by atomic mass is 19.1. The van der Waals surface area contributed by atoms with Crippen molar-refractivity contribution >= 4 is 5.65 Å². The zero-order valence-electron chi connectivity index (χ0n) is 14.1. The van der Waals surface area contributed by atoms with Gasteiger partial charge in [0.1, 0.15) is 11.5 Å². The molecule has 5 heteroatoms. The van der Waals surface area contributed by atoms with Crippen LogP contribution in [0.25, 0.3) is 5.65 Å². The number of pyridine rings is 1. The standard InChI is InChI=1S/C19H22FN3O/c1-15-7-8-23-14-17(21-19(23)11-15)13-22(9-10-24-2)12-16-5-3-4-6-18(16)20/h3-8,11,14H,9-10,12-13H2,1-2H3. The molecule has 0 saturated carbocycles. The van der Waals surface area contributed by atoms with E-state index < -0.39 is 0 Å². The Bertz CT molecular complexity index is 815. The molecule has 0 fully saturated rings. The van der Waals surface area contributed by atoms with Crippen molar-refractivity contribution in [2.75, 3.05) is 20.3 Å². The molecule has 3 aromatic rings. The molecule has 0 saturated heterocycles. The van der Waals surface area contributed by atoms with Crippen molar-refractivity contribution in [3.8, 4) is 0 Å². The van der Waals surface area contributed by atoms with Gasteiger partial charge in [0.2, 0.25) is 0 Å². The van der Waals surface area contributed by atoms with Crippen LogP contribution in [0, 0.1) is 12.7 Å². The van der Waals surface area contributed by atoms with Crippen LogP contribution in [-0.4, -0.2) is 34.5 Å². The van der Waals surface area contributed by atoms with Gasteiger partial charge in [0, 0.05) is 44.7 Å². The number of halogens is 1. The third kappa shape index (κ3) is 3.99. The first-order valence-corrected chi connectivity index (χ1v) is 8.04. The van der Waals surface area contributed by atoms with Gasteiger partial charge in [-0.3, -0.25) is 4.90 Å². The largest absolute Gasteiger partial charge is 0.383 e. The Labute approximate surface area is 141 Å². The van der Waals surface area contributed by atoms with E-state index in [2.05, 4.69) is 28.9 Å². The van der Waals surface area contributed by atoms with Gasteiger partial charge < -0.3 is 9.14 Å². The van der Waals surface area contributed by atoms with Crippen molar-refractivity contribution in [3.63, 3.8) is 0 Å². The van der Waals surface area contributed by atoms with Gasteiger partial charge >= 0.3 is 0 Å². The monoisotopic (exact) mass is 327 g/mol. The van der Waals surface area contributed by atoms with Crippen LogP contribution in [0.3, 0.4) is 0 Å². The van der Waals surface area contributed by atoms with Crippen LogP contribution in [0.4, 0.5) is 4.39 Å². The fourth-order valence-corrected chi connectivity index (χ4v) is 2.74. The summed E-state index contributed by atoms with van der Waals surface area (Å²) >= 11 is 0. The Kier molecular flexibility index (Phi) is 5.23. The highest BCUT2D eigenvalue weighted by molar-refractivity contribution is 5.42. The molecule has 126 valence electrons. The van der Waals surface area contributed by atoms with Crippen molar-refractivity contribution in [3.05, 3.63) is 71.4 Å². The van der Waals surface area contributed by atoms with Crippen LogP contribution >= 0.6 is 0 Å². The predicted octanol–water partition coefficient (Wildman–Crippen LogP) is 3.43. The summed E-state index contributed by atoms with van der Waals surface area (Å²) < 4.78 is 21.2. The number of hydrogen-bond acceptors (Lipinski definition) is 3. The summed E-state index contributed by atoms with van der Waals surface area (Å²) in [5, 5.41) is 0. The minimum atomic E-state index is -0.175. The normalized spacial score (nSPS) is 11.5. The number of nitrogens with zero attached hydrogens (tertiary/aromatic N) is 3. The van der Waals surface area contributed by atoms with E-state index in [1.165, 1.54) is 11.6 Å². The molecule has 3 rings (SSSR count). The Morgan fingerprint density at radius 3 is 2.83 bits per heavy atom. The number of benzene rings is 1. The van der Waals surface area contributed by atoms with E-state index in [1.54, 1.807) is 13.2 Å². The predicted molar refractivity (Wildman–Crippen MR) is 92.3 cm³/mol. The van der Waals surface area contributed by atoms with Gasteiger partial charge in [0.25, 0.3) is 0 Å². The lowest BCUT2D eigenvalue weighted by Crippen LogP contribution is -2.27. The summed E-state index contributed by atoms with van der Waals surface area (Å²) in [6.07, 6.45) is 4.04. The highest BCUT2D eigenvalue weighted by Gasteiger charge is 2.12. The molecule has 2 aromatic heterocycles. The Morgan fingerprint density at radius 1 is 1.21 bits per heavy atom. The molecule has 0 bridgehead atoms. The molecule has 0 unspecified atom stereocenters. The summed E-state index contributed by atoms with van der Waals surface area (Å²) in [5.74, 6) is -0.175. The number of fused-ring (bicyclic) bond motifs is 1. The van der Waals surface area contributed by atoms with Crippen molar-refractivity contribution in [1.29, 1.82) is 0 Å². The van der Waals surface area contributed by atoms with E-state index >= 15 is 0 Å². The summed E-state index contributed by atoms with van der Waals surface area (Å²) in [6.45, 7) is 4.55. The van der Waals surface area contributed by atoms with Gasteiger partial charge in [-0.05, 0) is 30.7 Å². The maximum Gasteiger partial charge on any atom is 0.137 e. The number of methoxy groups -OCH3 is 1. The molecule has 0 aliphatic heterocycles. The van der Waals surface area contributed by atoms with Crippen LogP contribution < -0.4 is 0 Å². The summed E-state index contributed by atoms with van der Waals surface area (Å²) in [6, 6.07) is 11.0. The topological polar surface area (TPSA) is 29.8 Å². The summed E-state index contributed by atoms with van der Waals surface area (Å²) in [5.41, 5.74) is 3.77. The highest BCUT2D eigenvalue weighted by Crippen LogP contribution is 2.14. The van der Waals surface area contributed by atoms with Crippen LogP contribution in [0.15, 0.2) is 48.8 Å². The smallest absolute Gasteiger partial charge is 0.137 e. The second kappa shape index (κ2) is 7.55. The fourth-order valence-electron chi connectivity index (χ4n) is 2.74. The molecule has 0 aliphatic carbocycles. The van der Waals surface area contributed by atoms with Crippen LogP contribution in [0.5, 0.6) is 0 Å². The molecule has 0 aliphatic rings. The molecule has 0 radical (unpaired) electrons. The molecule has 0 spiro atoms. The maximum absolute atomic E-state index is 13.9. The van der Waals surface area contributed by atoms with Gasteiger partial charge in [-0.2, -0.15) is 0 Å². The van der Waals surface area contributed by atoms with Crippen LogP contribution in [0.1, 0.15) is 16.8 Å². The zero-order valence-corrected chi connectivity index (χ0v) is 14.1. The molecule has 24 heavy (non-hydrogen) atoms. The minimum absolute atomic E-state index is 0.175. The number of aromatic nitrogens is 2. The number of hydrogen-bond donors (Lipinski definition) is 0. The van der Waals surface area contributed by atoms with Crippen molar-refractivity contribution in [2.45, 2.75) is 20.0 Å². The van der Waals surface area contributed by atoms with E-state index in [0.29, 0.717) is 25.3 Å². The van der Waals surface area contributed by atoms with E-state index in [9.17, 15) is 4.39 Å². The second-order valence-electron chi connectivity index (χ2n) is 6.00. The van der Waals surface area contributed by atoms with Crippen molar-refractivity contribution in [1.82, 2.24) is 14.3 Å². The molecule has 2 heterocycles. The molecule has 0 atom stereocenters. The number of imidazole rings is 1. The van der Waals surface area contributed by atoms with Crippen LogP contribution in [0.2, 0.25) is 0 Å². The third-order valence-corrected chi connectivity index (χ3v) is 4.01. The van der Waals surface area contributed by atoms with Crippen molar-refractivity contribution < 1.29 is 9.13 Å². The van der Waals surface area contributed by atoms with E-state index in [4.69, 9.17) is 4.74 Å². The second-order valence-corrected chi connectivity index (χ2v) is 6.00. The zero-order chi connectivity index (χ0) is 16.9. The van der Waals surface area contributed by atoms with Gasteiger partial charge in [-0.1, -0.05) is 18.2 Å². The van der Waals surface area contributed by atoms with Gasteiger partial charge in [-0.25, -0.2) is 9.37 Å². The molecule has 1 aromatic carbocycles. The Morgan fingerprint density at radius 2 is 2.04 bits per heavy atom. The average Bonchev–Trinajstić information content (AvgIpc) is 2.96. The maximum atomic E-state index is 13.9.